The van der Waals surface area contributed by atoms with Gasteiger partial charge in [-0.3, -0.25) is 9.59 Å². The molecule has 1 heterocycles. The number of hydrogen-bond acceptors (Lipinski definition) is 7. The van der Waals surface area contributed by atoms with Crippen LogP contribution in [0.5, 0.6) is 0 Å². The van der Waals surface area contributed by atoms with Crippen LogP contribution in [0.1, 0.15) is 27.7 Å². The predicted octanol–water partition coefficient (Wildman–Crippen LogP) is -0.591. The summed E-state index contributed by atoms with van der Waals surface area (Å²) in [5.74, 6) is -3.80. The largest absolute Gasteiger partial charge is 0.459 e. The van der Waals surface area contributed by atoms with Crippen molar-refractivity contribution in [2.45, 2.75) is 58.2 Å². The van der Waals surface area contributed by atoms with Crippen molar-refractivity contribution in [1.82, 2.24) is 0 Å². The van der Waals surface area contributed by atoms with Crippen molar-refractivity contribution in [3.8, 4) is 0 Å². The Bertz CT molecular complexity index is 717. The Morgan fingerprint density at radius 3 is 2.31 bits per heavy atom. The Labute approximate surface area is 151 Å². The van der Waals surface area contributed by atoms with E-state index in [-0.39, 0.29) is 5.92 Å². The second-order valence-electron chi connectivity index (χ2n) is 8.99. The minimum absolute atomic E-state index is 0.377. The summed E-state index contributed by atoms with van der Waals surface area (Å²) in [6.45, 7) is 6.73. The van der Waals surface area contributed by atoms with E-state index < -0.39 is 70.9 Å². The molecule has 2 bridgehead atoms. The van der Waals surface area contributed by atoms with E-state index in [1.165, 1.54) is 6.08 Å². The van der Waals surface area contributed by atoms with Crippen molar-refractivity contribution in [1.29, 1.82) is 0 Å². The van der Waals surface area contributed by atoms with Crippen molar-refractivity contribution >= 4 is 11.8 Å². The van der Waals surface area contributed by atoms with E-state index in [1.54, 1.807) is 27.7 Å². The second-order valence-corrected chi connectivity index (χ2v) is 8.99. The molecule has 4 N–H and O–H groups in total. The van der Waals surface area contributed by atoms with Gasteiger partial charge in [0, 0.05) is 28.6 Å². The fourth-order valence-electron chi connectivity index (χ4n) is 6.89. The zero-order chi connectivity index (χ0) is 19.3. The molecule has 4 aliphatic rings. The first-order chi connectivity index (χ1) is 12.0. The normalized spacial score (nSPS) is 58.6. The third kappa shape index (κ3) is 1.73. The van der Waals surface area contributed by atoms with Crippen LogP contribution in [0.15, 0.2) is 11.6 Å². The summed E-state index contributed by atoms with van der Waals surface area (Å²) in [4.78, 5) is 25.8. The van der Waals surface area contributed by atoms with Crippen LogP contribution >= 0.6 is 0 Å². The monoisotopic (exact) mass is 366 g/mol. The van der Waals surface area contributed by atoms with Crippen molar-refractivity contribution in [3.63, 3.8) is 0 Å². The van der Waals surface area contributed by atoms with Crippen LogP contribution < -0.4 is 0 Å². The van der Waals surface area contributed by atoms with Crippen LogP contribution in [-0.2, 0) is 14.3 Å². The number of esters is 1. The molecule has 7 nitrogen and oxygen atoms in total. The van der Waals surface area contributed by atoms with E-state index in [2.05, 4.69) is 0 Å². The summed E-state index contributed by atoms with van der Waals surface area (Å²) in [7, 11) is 0. The minimum atomic E-state index is -1.43. The van der Waals surface area contributed by atoms with Gasteiger partial charge in [0.2, 0.25) is 0 Å². The molecule has 0 aromatic heterocycles. The molecule has 0 radical (unpaired) electrons. The van der Waals surface area contributed by atoms with E-state index >= 15 is 0 Å². The van der Waals surface area contributed by atoms with Crippen molar-refractivity contribution in [2.75, 3.05) is 0 Å². The van der Waals surface area contributed by atoms with Crippen LogP contribution in [0.2, 0.25) is 0 Å². The first-order valence-electron chi connectivity index (χ1n) is 9.14. The molecule has 2 saturated carbocycles. The number of carbonyl (C=O) groups excluding carboxylic acids is 2. The molecule has 0 spiro atoms. The zero-order valence-corrected chi connectivity index (χ0v) is 15.3. The van der Waals surface area contributed by atoms with E-state index in [9.17, 15) is 30.0 Å². The molecule has 1 saturated heterocycles. The molecule has 7 heteroatoms. The van der Waals surface area contributed by atoms with Crippen LogP contribution in [0.3, 0.4) is 0 Å². The maximum Gasteiger partial charge on any atom is 0.310 e. The molecule has 3 aliphatic carbocycles. The van der Waals surface area contributed by atoms with Gasteiger partial charge >= 0.3 is 5.97 Å². The average Bonchev–Trinajstić information content (AvgIpc) is 2.80. The number of Topliss-reactive ketones (excluding diaryl/α,β-unsaturated/α-hetero) is 1. The molecule has 3 fully saturated rings. The van der Waals surface area contributed by atoms with E-state index in [4.69, 9.17) is 4.74 Å². The average molecular weight is 366 g/mol. The molecular weight excluding hydrogens is 340 g/mol. The van der Waals surface area contributed by atoms with Gasteiger partial charge in [0.25, 0.3) is 0 Å². The Balaban J connectivity index is 1.98. The van der Waals surface area contributed by atoms with Gasteiger partial charge in [-0.25, -0.2) is 0 Å². The Morgan fingerprint density at radius 1 is 1.08 bits per heavy atom. The smallest absolute Gasteiger partial charge is 0.310 e. The molecule has 26 heavy (non-hydrogen) atoms. The van der Waals surface area contributed by atoms with Crippen LogP contribution in [0.25, 0.3) is 0 Å². The number of carbonyl (C=O) groups is 2. The summed E-state index contributed by atoms with van der Waals surface area (Å²) in [6.07, 6.45) is -4.38. The van der Waals surface area contributed by atoms with Crippen LogP contribution in [0, 0.1) is 34.5 Å². The van der Waals surface area contributed by atoms with Gasteiger partial charge in [-0.15, -0.1) is 0 Å². The molecule has 0 aromatic rings. The molecule has 11 atom stereocenters. The quantitative estimate of drug-likeness (QED) is 0.334. The van der Waals surface area contributed by atoms with Crippen molar-refractivity contribution < 1.29 is 34.8 Å². The van der Waals surface area contributed by atoms with E-state index in [1.807, 2.05) is 0 Å². The lowest BCUT2D eigenvalue weighted by molar-refractivity contribution is -0.235. The van der Waals surface area contributed by atoms with Gasteiger partial charge in [-0.2, -0.15) is 0 Å². The lowest BCUT2D eigenvalue weighted by Crippen LogP contribution is -2.74. The number of ketones is 1. The standard InChI is InChI=1S/C19H26O7/c1-6-5-8(20)15(23)18(3)9(6)11(21)16(24)19(4)10-7(2)13(26-17(10)25)12(22)14(18)19/h5,7-15,20-23H,1-4H3/t7-,8+,9-,10-,11-,12+,13-,14-,15-,18+,19+/m1/s1. The highest BCUT2D eigenvalue weighted by atomic mass is 16.6. The molecule has 4 rings (SSSR count). The van der Waals surface area contributed by atoms with Gasteiger partial charge in [0.1, 0.15) is 12.2 Å². The van der Waals surface area contributed by atoms with Gasteiger partial charge in [-0.1, -0.05) is 32.4 Å². The third-order valence-electron chi connectivity index (χ3n) is 7.86. The zero-order valence-electron chi connectivity index (χ0n) is 15.3. The van der Waals surface area contributed by atoms with E-state index in [0.29, 0.717) is 5.57 Å². The number of ether oxygens (including phenoxy) is 1. The third-order valence-corrected chi connectivity index (χ3v) is 7.86. The van der Waals surface area contributed by atoms with Gasteiger partial charge in [0.05, 0.1) is 24.2 Å². The molecule has 0 unspecified atom stereocenters. The lowest BCUT2D eigenvalue weighted by Gasteiger charge is -2.64. The second kappa shape index (κ2) is 5.16. The highest BCUT2D eigenvalue weighted by Crippen LogP contribution is 2.66. The van der Waals surface area contributed by atoms with Gasteiger partial charge in [-0.05, 0) is 6.92 Å². The molecule has 144 valence electrons. The van der Waals surface area contributed by atoms with Crippen molar-refractivity contribution in [2.24, 2.45) is 34.5 Å². The summed E-state index contributed by atoms with van der Waals surface area (Å²) >= 11 is 0. The Kier molecular flexibility index (Phi) is 3.59. The highest BCUT2D eigenvalue weighted by molar-refractivity contribution is 5.96. The predicted molar refractivity (Wildman–Crippen MR) is 88.5 cm³/mol. The first kappa shape index (κ1) is 18.1. The summed E-state index contributed by atoms with van der Waals surface area (Å²) in [6, 6.07) is 0. The fraction of sp³-hybridized carbons (Fsp3) is 0.789. The van der Waals surface area contributed by atoms with E-state index in [0.717, 1.165) is 0 Å². The minimum Gasteiger partial charge on any atom is -0.459 e. The van der Waals surface area contributed by atoms with Gasteiger partial charge in [0.15, 0.2) is 5.78 Å². The topological polar surface area (TPSA) is 124 Å². The number of aliphatic hydroxyl groups excluding tert-OH is 4. The fourth-order valence-corrected chi connectivity index (χ4v) is 6.89. The molecule has 0 aromatic carbocycles. The number of fused-ring (bicyclic) bond motifs is 6. The number of rotatable bonds is 0. The SMILES string of the molecule is CC1=C[C@H](O)[C@@H](O)[C@@]2(C)[C@H]1[C@@H](O)C(=O)[C@@]1(C)[C@H]3C(=O)O[C@H]([C@@H]3C)[C@H](O)[C@@H]12. The first-order valence-corrected chi connectivity index (χ1v) is 9.14. The Morgan fingerprint density at radius 2 is 1.69 bits per heavy atom. The molecule has 0 amide bonds. The summed E-state index contributed by atoms with van der Waals surface area (Å²) in [5, 5.41) is 43.2. The maximum absolute atomic E-state index is 13.3. The Hall–Kier alpha value is -1.28. The summed E-state index contributed by atoms with van der Waals surface area (Å²) < 4.78 is 5.38. The van der Waals surface area contributed by atoms with Crippen LogP contribution in [0.4, 0.5) is 0 Å². The van der Waals surface area contributed by atoms with Gasteiger partial charge < -0.3 is 25.2 Å². The summed E-state index contributed by atoms with van der Waals surface area (Å²) in [5.41, 5.74) is -1.98. The maximum atomic E-state index is 13.3. The number of aliphatic hydroxyl groups is 4. The molecule has 1 aliphatic heterocycles. The highest BCUT2D eigenvalue weighted by Gasteiger charge is 2.76. The lowest BCUT2D eigenvalue weighted by atomic mass is 9.39. The van der Waals surface area contributed by atoms with Crippen molar-refractivity contribution in [3.05, 3.63) is 11.6 Å². The van der Waals surface area contributed by atoms with Crippen LogP contribution in [-0.4, -0.2) is 62.7 Å². The number of hydrogen-bond donors (Lipinski definition) is 4. The molecular formula is C19H26O7.